The molecule has 2 aromatic rings. The summed E-state index contributed by atoms with van der Waals surface area (Å²) < 4.78 is 6.82. The van der Waals surface area contributed by atoms with Crippen molar-refractivity contribution in [1.82, 2.24) is 4.90 Å². The molecule has 1 atom stereocenters. The Balaban J connectivity index is 2.31. The molecule has 0 aliphatic carbocycles. The zero-order chi connectivity index (χ0) is 19.2. The van der Waals surface area contributed by atoms with Gasteiger partial charge in [-0.1, -0.05) is 80.6 Å². The Labute approximate surface area is 161 Å². The second-order valence-electron chi connectivity index (χ2n) is 7.53. The number of benzene rings is 2. The molecule has 0 aliphatic rings. The molecule has 0 radical (unpaired) electrons. The quantitative estimate of drug-likeness (QED) is 0.627. The van der Waals surface area contributed by atoms with Gasteiger partial charge in [0.2, 0.25) is 9.04 Å². The molecule has 2 aromatic carbocycles. The van der Waals surface area contributed by atoms with Crippen molar-refractivity contribution in [2.45, 2.75) is 40.2 Å². The number of nitrogens with zero attached hydrogens (tertiary/aromatic N) is 1. The Morgan fingerprint density at radius 2 is 1.50 bits per heavy atom. The highest BCUT2D eigenvalue weighted by molar-refractivity contribution is 6.80. The van der Waals surface area contributed by atoms with Gasteiger partial charge >= 0.3 is 0 Å². The smallest absolute Gasteiger partial charge is 0.240 e. The van der Waals surface area contributed by atoms with Crippen molar-refractivity contribution in [3.63, 3.8) is 0 Å². The SMILES string of the molecule is C=C(C)c1ccc([SiH](OC(C)(C)CN(CC)CC)c2ccccc2)cc1. The lowest BCUT2D eigenvalue weighted by Crippen LogP contribution is -2.53. The minimum atomic E-state index is -1.76. The van der Waals surface area contributed by atoms with Gasteiger partial charge in [0, 0.05) is 6.54 Å². The van der Waals surface area contributed by atoms with E-state index < -0.39 is 9.04 Å². The summed E-state index contributed by atoms with van der Waals surface area (Å²) in [5, 5.41) is 2.64. The third-order valence-corrected chi connectivity index (χ3v) is 7.60. The van der Waals surface area contributed by atoms with Crippen LogP contribution in [0, 0.1) is 0 Å². The van der Waals surface area contributed by atoms with Gasteiger partial charge < -0.3 is 9.33 Å². The first-order valence-corrected chi connectivity index (χ1v) is 11.2. The predicted molar refractivity (Wildman–Crippen MR) is 117 cm³/mol. The van der Waals surface area contributed by atoms with Crippen LogP contribution < -0.4 is 10.4 Å². The lowest BCUT2D eigenvalue weighted by Gasteiger charge is -2.35. The van der Waals surface area contributed by atoms with Gasteiger partial charge in [-0.2, -0.15) is 0 Å². The molecule has 0 heterocycles. The summed E-state index contributed by atoms with van der Waals surface area (Å²) in [5.41, 5.74) is 2.10. The van der Waals surface area contributed by atoms with Crippen molar-refractivity contribution < 1.29 is 4.43 Å². The summed E-state index contributed by atoms with van der Waals surface area (Å²) in [5.74, 6) is 0. The van der Waals surface area contributed by atoms with Crippen LogP contribution in [0.25, 0.3) is 5.57 Å². The molecular weight excluding hydrogens is 334 g/mol. The Bertz CT molecular complexity index is 690. The average molecular weight is 368 g/mol. The van der Waals surface area contributed by atoms with E-state index in [1.165, 1.54) is 15.9 Å². The van der Waals surface area contributed by atoms with Gasteiger partial charge in [-0.3, -0.25) is 0 Å². The fourth-order valence-electron chi connectivity index (χ4n) is 3.24. The van der Waals surface area contributed by atoms with E-state index >= 15 is 0 Å². The van der Waals surface area contributed by atoms with E-state index in [9.17, 15) is 0 Å². The minimum Gasteiger partial charge on any atom is -0.405 e. The van der Waals surface area contributed by atoms with E-state index in [4.69, 9.17) is 4.43 Å². The molecule has 0 aromatic heterocycles. The molecule has 0 saturated heterocycles. The standard InChI is InChI=1S/C23H33NOSi/c1-7-24(8-2)18-23(5,6)25-26(21-12-10-9-11-13-21)22-16-14-20(15-17-22)19(3)4/h9-17,26H,3,7-8,18H2,1-2,4-6H3. The first-order valence-electron chi connectivity index (χ1n) is 9.57. The zero-order valence-corrected chi connectivity index (χ0v) is 18.1. The van der Waals surface area contributed by atoms with Crippen molar-refractivity contribution in [2.24, 2.45) is 0 Å². The van der Waals surface area contributed by atoms with Gasteiger partial charge in [-0.25, -0.2) is 0 Å². The molecule has 0 amide bonds. The maximum Gasteiger partial charge on any atom is 0.240 e. The van der Waals surface area contributed by atoms with Gasteiger partial charge in [-0.15, -0.1) is 0 Å². The second kappa shape index (κ2) is 9.31. The second-order valence-corrected chi connectivity index (χ2v) is 9.86. The Morgan fingerprint density at radius 1 is 0.962 bits per heavy atom. The summed E-state index contributed by atoms with van der Waals surface area (Å²) in [6.07, 6.45) is 0. The van der Waals surface area contributed by atoms with Crippen LogP contribution in [0.1, 0.15) is 40.2 Å². The molecule has 26 heavy (non-hydrogen) atoms. The number of likely N-dealkylation sites (N-methyl/N-ethyl adjacent to an activating group) is 1. The molecule has 0 saturated carbocycles. The minimum absolute atomic E-state index is 0.189. The van der Waals surface area contributed by atoms with Crippen molar-refractivity contribution in [1.29, 1.82) is 0 Å². The first kappa shape index (κ1) is 20.6. The number of hydrogen-bond acceptors (Lipinski definition) is 2. The van der Waals surface area contributed by atoms with Crippen LogP contribution in [0.4, 0.5) is 0 Å². The highest BCUT2D eigenvalue weighted by Gasteiger charge is 2.28. The molecule has 0 aliphatic heterocycles. The van der Waals surface area contributed by atoms with Crippen LogP contribution in [-0.2, 0) is 4.43 Å². The summed E-state index contributed by atoms with van der Waals surface area (Å²) in [6.45, 7) is 18.0. The number of rotatable bonds is 9. The molecule has 0 N–H and O–H groups in total. The highest BCUT2D eigenvalue weighted by atomic mass is 28.3. The van der Waals surface area contributed by atoms with Gasteiger partial charge in [-0.05, 0) is 49.8 Å². The van der Waals surface area contributed by atoms with Crippen LogP contribution in [0.5, 0.6) is 0 Å². The molecule has 140 valence electrons. The van der Waals surface area contributed by atoms with Gasteiger partial charge in [0.05, 0.1) is 5.60 Å². The van der Waals surface area contributed by atoms with Crippen molar-refractivity contribution in [2.75, 3.05) is 19.6 Å². The summed E-state index contributed by atoms with van der Waals surface area (Å²) in [7, 11) is -1.76. The van der Waals surface area contributed by atoms with Crippen molar-refractivity contribution in [3.8, 4) is 0 Å². The fourth-order valence-corrected chi connectivity index (χ4v) is 5.72. The fraction of sp³-hybridized carbons (Fsp3) is 0.391. The highest BCUT2D eigenvalue weighted by Crippen LogP contribution is 2.15. The van der Waals surface area contributed by atoms with Crippen LogP contribution in [0.15, 0.2) is 61.2 Å². The lowest BCUT2D eigenvalue weighted by molar-refractivity contribution is 0.0656. The monoisotopic (exact) mass is 367 g/mol. The van der Waals surface area contributed by atoms with Crippen LogP contribution in [0.2, 0.25) is 0 Å². The van der Waals surface area contributed by atoms with E-state index in [1.54, 1.807) is 0 Å². The molecule has 2 nitrogen and oxygen atoms in total. The maximum atomic E-state index is 6.82. The molecule has 0 bridgehead atoms. The zero-order valence-electron chi connectivity index (χ0n) is 17.0. The third-order valence-electron chi connectivity index (χ3n) is 4.74. The number of allylic oxidation sites excluding steroid dienone is 1. The largest absolute Gasteiger partial charge is 0.405 e. The van der Waals surface area contributed by atoms with Crippen LogP contribution >= 0.6 is 0 Å². The van der Waals surface area contributed by atoms with E-state index in [1.807, 2.05) is 6.92 Å². The molecule has 1 unspecified atom stereocenters. The summed E-state index contributed by atoms with van der Waals surface area (Å²) in [4.78, 5) is 2.43. The van der Waals surface area contributed by atoms with Crippen molar-refractivity contribution in [3.05, 3.63) is 66.7 Å². The van der Waals surface area contributed by atoms with Crippen molar-refractivity contribution >= 4 is 25.0 Å². The van der Waals surface area contributed by atoms with Gasteiger partial charge in [0.15, 0.2) is 0 Å². The third kappa shape index (κ3) is 5.66. The Morgan fingerprint density at radius 3 is 2.00 bits per heavy atom. The Kier molecular flexibility index (Phi) is 7.39. The van der Waals surface area contributed by atoms with Gasteiger partial charge in [0.25, 0.3) is 0 Å². The molecule has 0 fully saturated rings. The average Bonchev–Trinajstić information content (AvgIpc) is 2.65. The van der Waals surface area contributed by atoms with E-state index in [0.29, 0.717) is 0 Å². The molecule has 2 rings (SSSR count). The molecule has 0 spiro atoms. The Hall–Kier alpha value is -1.68. The molecule has 3 heteroatoms. The van der Waals surface area contributed by atoms with E-state index in [0.717, 1.165) is 25.2 Å². The van der Waals surface area contributed by atoms with Gasteiger partial charge in [0.1, 0.15) is 0 Å². The van der Waals surface area contributed by atoms with Crippen LogP contribution in [-0.4, -0.2) is 39.2 Å². The molecular formula is C23H33NOSi. The normalized spacial score (nSPS) is 13.0. The maximum absolute atomic E-state index is 6.82. The lowest BCUT2D eigenvalue weighted by atomic mass is 10.1. The number of hydrogen-bond donors (Lipinski definition) is 0. The summed E-state index contributed by atoms with van der Waals surface area (Å²) in [6, 6.07) is 19.5. The topological polar surface area (TPSA) is 12.5 Å². The van der Waals surface area contributed by atoms with E-state index in [-0.39, 0.29) is 5.60 Å². The summed E-state index contributed by atoms with van der Waals surface area (Å²) >= 11 is 0. The van der Waals surface area contributed by atoms with E-state index in [2.05, 4.69) is 93.8 Å². The van der Waals surface area contributed by atoms with Crippen LogP contribution in [0.3, 0.4) is 0 Å². The predicted octanol–water partition coefficient (Wildman–Crippen LogP) is 3.69. The first-order chi connectivity index (χ1) is 12.4.